The van der Waals surface area contributed by atoms with Crippen molar-refractivity contribution in [3.05, 3.63) is 64.7 Å². The molecule has 0 aromatic heterocycles. The van der Waals surface area contributed by atoms with Gasteiger partial charge in [-0.25, -0.2) is 8.42 Å². The quantitative estimate of drug-likeness (QED) is 0.516. The number of carbonyl (C=O) groups is 2. The summed E-state index contributed by atoms with van der Waals surface area (Å²) in [5, 5.41) is 3.07. The summed E-state index contributed by atoms with van der Waals surface area (Å²) in [6, 6.07) is 13.3. The molecule has 0 radical (unpaired) electrons. The third kappa shape index (κ3) is 7.20. The lowest BCUT2D eigenvalue weighted by atomic mass is 10.1. The molecule has 0 fully saturated rings. The second-order valence-electron chi connectivity index (χ2n) is 7.88. The van der Waals surface area contributed by atoms with Crippen molar-refractivity contribution in [1.29, 1.82) is 0 Å². The molecule has 1 atom stereocenters. The van der Waals surface area contributed by atoms with Crippen LogP contribution in [0.15, 0.2) is 48.5 Å². The smallest absolute Gasteiger partial charge is 0.244 e. The third-order valence-electron chi connectivity index (χ3n) is 5.34. The van der Waals surface area contributed by atoms with Crippen LogP contribution < -0.4 is 9.62 Å². The molecule has 0 heterocycles. The summed E-state index contributed by atoms with van der Waals surface area (Å²) in [7, 11) is -3.82. The van der Waals surface area contributed by atoms with Crippen LogP contribution in [-0.2, 0) is 26.2 Å². The Kier molecular flexibility index (Phi) is 9.73. The molecule has 0 saturated carbocycles. The Morgan fingerprint density at radius 1 is 1.06 bits per heavy atom. The van der Waals surface area contributed by atoms with Crippen LogP contribution in [0.2, 0.25) is 5.02 Å². The monoisotopic (exact) mass is 493 g/mol. The predicted molar refractivity (Wildman–Crippen MR) is 133 cm³/mol. The molecule has 1 unspecified atom stereocenters. The molecule has 2 amide bonds. The summed E-state index contributed by atoms with van der Waals surface area (Å²) >= 11 is 6.24. The van der Waals surface area contributed by atoms with Crippen LogP contribution in [0.1, 0.15) is 37.8 Å². The van der Waals surface area contributed by atoms with Crippen molar-refractivity contribution in [2.45, 2.75) is 46.2 Å². The number of rotatable bonds is 11. The minimum absolute atomic E-state index is 0.184. The minimum atomic E-state index is -3.82. The van der Waals surface area contributed by atoms with E-state index < -0.39 is 28.5 Å². The summed E-state index contributed by atoms with van der Waals surface area (Å²) < 4.78 is 26.2. The largest absolute Gasteiger partial charge is 0.354 e. The Balaban J connectivity index is 2.45. The molecule has 2 aromatic carbocycles. The Morgan fingerprint density at radius 2 is 1.70 bits per heavy atom. The van der Waals surface area contributed by atoms with Crippen molar-refractivity contribution >= 4 is 39.1 Å². The first-order chi connectivity index (χ1) is 15.6. The molecule has 0 spiro atoms. The standard InChI is InChI=1S/C24H32ClN3O4S/c1-5-15-26-24(30)21(6-2)27(16-19-12-8-7-11-18(19)3)23(29)17-28(33(4,31)32)22-14-10-9-13-20(22)25/h7-14,21H,5-6,15-17H2,1-4H3,(H,26,30). The number of nitrogens with one attached hydrogen (secondary N) is 1. The maximum absolute atomic E-state index is 13.6. The van der Waals surface area contributed by atoms with Gasteiger partial charge in [-0.2, -0.15) is 0 Å². The van der Waals surface area contributed by atoms with E-state index in [1.165, 1.54) is 4.90 Å². The summed E-state index contributed by atoms with van der Waals surface area (Å²) in [5.74, 6) is -0.743. The molecule has 33 heavy (non-hydrogen) atoms. The number of aryl methyl sites for hydroxylation is 1. The van der Waals surface area contributed by atoms with Gasteiger partial charge < -0.3 is 10.2 Å². The lowest BCUT2D eigenvalue weighted by molar-refractivity contribution is -0.140. The van der Waals surface area contributed by atoms with Gasteiger partial charge >= 0.3 is 0 Å². The molecule has 180 valence electrons. The number of halogens is 1. The van der Waals surface area contributed by atoms with E-state index in [1.807, 2.05) is 45.0 Å². The number of amides is 2. The molecular weight excluding hydrogens is 462 g/mol. The molecule has 2 rings (SSSR count). The molecule has 0 aliphatic carbocycles. The van der Waals surface area contributed by atoms with Gasteiger partial charge in [0.1, 0.15) is 12.6 Å². The molecule has 0 aliphatic heterocycles. The van der Waals surface area contributed by atoms with E-state index in [4.69, 9.17) is 11.6 Å². The van der Waals surface area contributed by atoms with Crippen LogP contribution in [0.25, 0.3) is 0 Å². The lowest BCUT2D eigenvalue weighted by Crippen LogP contribution is -2.52. The average Bonchev–Trinajstić information content (AvgIpc) is 2.76. The topological polar surface area (TPSA) is 86.8 Å². The molecule has 2 aromatic rings. The van der Waals surface area contributed by atoms with E-state index >= 15 is 0 Å². The van der Waals surface area contributed by atoms with Gasteiger partial charge in [0, 0.05) is 13.1 Å². The highest BCUT2D eigenvalue weighted by molar-refractivity contribution is 7.92. The lowest BCUT2D eigenvalue weighted by Gasteiger charge is -2.33. The maximum atomic E-state index is 13.6. The van der Waals surface area contributed by atoms with Crippen molar-refractivity contribution in [3.63, 3.8) is 0 Å². The SMILES string of the molecule is CCCNC(=O)C(CC)N(Cc1ccccc1C)C(=O)CN(c1ccccc1Cl)S(C)(=O)=O. The third-order valence-corrected chi connectivity index (χ3v) is 6.78. The van der Waals surface area contributed by atoms with Gasteiger partial charge in [0.25, 0.3) is 0 Å². The van der Waals surface area contributed by atoms with Gasteiger partial charge in [-0.05, 0) is 43.0 Å². The average molecular weight is 494 g/mol. The zero-order valence-corrected chi connectivity index (χ0v) is 21.1. The highest BCUT2D eigenvalue weighted by Gasteiger charge is 2.32. The molecule has 0 bridgehead atoms. The summed E-state index contributed by atoms with van der Waals surface area (Å²) in [6.07, 6.45) is 2.18. The first-order valence-electron chi connectivity index (χ1n) is 10.9. The second kappa shape index (κ2) is 12.0. The van der Waals surface area contributed by atoms with Gasteiger partial charge in [-0.3, -0.25) is 13.9 Å². The normalized spacial score (nSPS) is 12.2. The van der Waals surface area contributed by atoms with E-state index in [2.05, 4.69) is 5.32 Å². The van der Waals surface area contributed by atoms with Crippen molar-refractivity contribution in [1.82, 2.24) is 10.2 Å². The molecule has 7 nitrogen and oxygen atoms in total. The van der Waals surface area contributed by atoms with E-state index in [0.717, 1.165) is 28.1 Å². The van der Waals surface area contributed by atoms with Crippen molar-refractivity contribution in [2.24, 2.45) is 0 Å². The molecule has 1 N–H and O–H groups in total. The van der Waals surface area contributed by atoms with Crippen LogP contribution in [0.5, 0.6) is 0 Å². The van der Waals surface area contributed by atoms with E-state index in [0.29, 0.717) is 13.0 Å². The van der Waals surface area contributed by atoms with E-state index in [-0.39, 0.29) is 23.2 Å². The van der Waals surface area contributed by atoms with E-state index in [1.54, 1.807) is 24.3 Å². The molecular formula is C24H32ClN3O4S. The number of hydrogen-bond donors (Lipinski definition) is 1. The molecule has 0 aliphatic rings. The number of benzene rings is 2. The number of hydrogen-bond acceptors (Lipinski definition) is 4. The zero-order chi connectivity index (χ0) is 24.6. The van der Waals surface area contributed by atoms with Gasteiger partial charge in [0.05, 0.1) is 17.0 Å². The Hall–Kier alpha value is -2.58. The summed E-state index contributed by atoms with van der Waals surface area (Å²) in [5.41, 5.74) is 2.08. The van der Waals surface area contributed by atoms with Crippen molar-refractivity contribution < 1.29 is 18.0 Å². The number of para-hydroxylation sites is 1. The Morgan fingerprint density at radius 3 is 2.27 bits per heavy atom. The number of nitrogens with zero attached hydrogens (tertiary/aromatic N) is 2. The first kappa shape index (κ1) is 26.7. The Bertz CT molecular complexity index is 1070. The highest BCUT2D eigenvalue weighted by Crippen LogP contribution is 2.27. The van der Waals surface area contributed by atoms with Crippen LogP contribution in [0, 0.1) is 6.92 Å². The minimum Gasteiger partial charge on any atom is -0.354 e. The van der Waals surface area contributed by atoms with Crippen LogP contribution in [-0.4, -0.2) is 50.5 Å². The van der Waals surface area contributed by atoms with Crippen molar-refractivity contribution in [3.8, 4) is 0 Å². The van der Waals surface area contributed by atoms with Crippen molar-refractivity contribution in [2.75, 3.05) is 23.7 Å². The highest BCUT2D eigenvalue weighted by atomic mass is 35.5. The predicted octanol–water partition coefficient (Wildman–Crippen LogP) is 3.75. The van der Waals surface area contributed by atoms with E-state index in [9.17, 15) is 18.0 Å². The fourth-order valence-corrected chi connectivity index (χ4v) is 4.65. The maximum Gasteiger partial charge on any atom is 0.244 e. The number of carbonyl (C=O) groups excluding carboxylic acids is 2. The van der Waals surface area contributed by atoms with Crippen LogP contribution in [0.4, 0.5) is 5.69 Å². The van der Waals surface area contributed by atoms with Gasteiger partial charge in [0.15, 0.2) is 0 Å². The molecule has 0 saturated heterocycles. The summed E-state index contributed by atoms with van der Waals surface area (Å²) in [6.45, 7) is 5.93. The van der Waals surface area contributed by atoms with Gasteiger partial charge in [-0.15, -0.1) is 0 Å². The van der Waals surface area contributed by atoms with Crippen LogP contribution in [0.3, 0.4) is 0 Å². The van der Waals surface area contributed by atoms with Crippen LogP contribution >= 0.6 is 11.6 Å². The first-order valence-corrected chi connectivity index (χ1v) is 13.2. The summed E-state index contributed by atoms with van der Waals surface area (Å²) in [4.78, 5) is 27.9. The van der Waals surface area contributed by atoms with Gasteiger partial charge in [0.2, 0.25) is 21.8 Å². The fourth-order valence-electron chi connectivity index (χ4n) is 3.51. The second-order valence-corrected chi connectivity index (χ2v) is 10.2. The zero-order valence-electron chi connectivity index (χ0n) is 19.5. The Labute approximate surface area is 201 Å². The van der Waals surface area contributed by atoms with Gasteiger partial charge in [-0.1, -0.05) is 61.8 Å². The fraction of sp³-hybridized carbons (Fsp3) is 0.417. The number of sulfonamides is 1. The number of anilines is 1. The molecule has 9 heteroatoms.